The Bertz CT molecular complexity index is 1050. The Morgan fingerprint density at radius 3 is 2.84 bits per heavy atom. The van der Waals surface area contributed by atoms with Gasteiger partial charge in [-0.15, -0.1) is 0 Å². The molecule has 2 N–H and O–H groups in total. The van der Waals surface area contributed by atoms with E-state index in [1.807, 2.05) is 4.90 Å². The highest BCUT2D eigenvalue weighted by atomic mass is 79.9. The molecule has 174 valence electrons. The van der Waals surface area contributed by atoms with Crippen LogP contribution in [0.25, 0.3) is 0 Å². The molecule has 7 nitrogen and oxygen atoms in total. The van der Waals surface area contributed by atoms with Gasteiger partial charge in [-0.3, -0.25) is 9.52 Å². The number of rotatable bonds is 8. The van der Waals surface area contributed by atoms with E-state index in [2.05, 4.69) is 32.9 Å². The standard InChI is InChI=1S/C23H30BrN3O4S/c1-3-4-9-20-16-25-12-6-13-27(20)23(28)17-7-5-8-19(14-17)26-32(29,30)22-15-18(24)10-11-21(22)31-2/h5,7-8,10-11,14-15,20,25-26H,3-4,6,9,12-13,16H2,1-2H3. The first-order valence-electron chi connectivity index (χ1n) is 10.8. The number of anilines is 1. The largest absolute Gasteiger partial charge is 0.495 e. The second kappa shape index (κ2) is 11.2. The number of hydrogen-bond donors (Lipinski definition) is 2. The molecule has 1 unspecified atom stereocenters. The van der Waals surface area contributed by atoms with E-state index in [1.165, 1.54) is 13.2 Å². The van der Waals surface area contributed by atoms with Crippen molar-refractivity contribution in [3.63, 3.8) is 0 Å². The number of carbonyl (C=O) groups excluding carboxylic acids is 1. The van der Waals surface area contributed by atoms with E-state index in [9.17, 15) is 13.2 Å². The maximum atomic E-state index is 13.4. The summed E-state index contributed by atoms with van der Waals surface area (Å²) >= 11 is 3.30. The lowest BCUT2D eigenvalue weighted by Crippen LogP contribution is -2.43. The molecule has 1 atom stereocenters. The van der Waals surface area contributed by atoms with Gasteiger partial charge in [-0.2, -0.15) is 0 Å². The number of methoxy groups -OCH3 is 1. The number of nitrogens with zero attached hydrogens (tertiary/aromatic N) is 1. The molecule has 0 radical (unpaired) electrons. The summed E-state index contributed by atoms with van der Waals surface area (Å²) < 4.78 is 34.4. The Morgan fingerprint density at radius 2 is 2.09 bits per heavy atom. The second-order valence-corrected chi connectivity index (χ2v) is 10.4. The molecule has 1 amide bonds. The van der Waals surface area contributed by atoms with Gasteiger partial charge in [0, 0.05) is 34.9 Å². The molecule has 2 aromatic rings. The fourth-order valence-electron chi connectivity index (χ4n) is 3.85. The minimum atomic E-state index is -3.91. The van der Waals surface area contributed by atoms with Crippen LogP contribution in [0, 0.1) is 0 Å². The summed E-state index contributed by atoms with van der Waals surface area (Å²) in [4.78, 5) is 15.3. The molecule has 0 aliphatic carbocycles. The van der Waals surface area contributed by atoms with Crippen LogP contribution in [-0.2, 0) is 10.0 Å². The maximum Gasteiger partial charge on any atom is 0.265 e. The fourth-order valence-corrected chi connectivity index (χ4v) is 5.61. The van der Waals surface area contributed by atoms with Gasteiger partial charge in [0.2, 0.25) is 0 Å². The number of unbranched alkanes of at least 4 members (excludes halogenated alkanes) is 1. The monoisotopic (exact) mass is 523 g/mol. The number of carbonyl (C=O) groups is 1. The number of sulfonamides is 1. The van der Waals surface area contributed by atoms with Crippen molar-refractivity contribution < 1.29 is 17.9 Å². The average Bonchev–Trinajstić information content (AvgIpc) is 3.02. The van der Waals surface area contributed by atoms with Crippen molar-refractivity contribution in [3.05, 3.63) is 52.5 Å². The first-order valence-corrected chi connectivity index (χ1v) is 13.1. The van der Waals surface area contributed by atoms with E-state index in [1.54, 1.807) is 36.4 Å². The Hall–Kier alpha value is -2.10. The zero-order chi connectivity index (χ0) is 23.1. The molecule has 1 aliphatic rings. The van der Waals surface area contributed by atoms with Crippen LogP contribution >= 0.6 is 15.9 Å². The summed E-state index contributed by atoms with van der Waals surface area (Å²) in [6.45, 7) is 4.50. The molecule has 9 heteroatoms. The maximum absolute atomic E-state index is 13.4. The Morgan fingerprint density at radius 1 is 1.28 bits per heavy atom. The zero-order valence-electron chi connectivity index (χ0n) is 18.4. The van der Waals surface area contributed by atoms with Gasteiger partial charge in [0.05, 0.1) is 7.11 Å². The van der Waals surface area contributed by atoms with Crippen molar-refractivity contribution in [2.75, 3.05) is 31.5 Å². The van der Waals surface area contributed by atoms with Crippen LogP contribution in [0.2, 0.25) is 0 Å². The van der Waals surface area contributed by atoms with Crippen LogP contribution in [0.15, 0.2) is 51.8 Å². The third-order valence-electron chi connectivity index (χ3n) is 5.50. The average molecular weight is 524 g/mol. The number of ether oxygens (including phenoxy) is 1. The summed E-state index contributed by atoms with van der Waals surface area (Å²) in [6, 6.07) is 11.6. The topological polar surface area (TPSA) is 87.7 Å². The third kappa shape index (κ3) is 6.02. The molecule has 1 saturated heterocycles. The molecule has 1 fully saturated rings. The van der Waals surface area contributed by atoms with Gasteiger partial charge in [0.1, 0.15) is 10.6 Å². The van der Waals surface area contributed by atoms with Gasteiger partial charge in [0.25, 0.3) is 15.9 Å². The van der Waals surface area contributed by atoms with Crippen molar-refractivity contribution in [1.29, 1.82) is 0 Å². The quantitative estimate of drug-likeness (QED) is 0.539. The van der Waals surface area contributed by atoms with Crippen molar-refractivity contribution in [2.24, 2.45) is 0 Å². The Labute approximate surface area is 198 Å². The zero-order valence-corrected chi connectivity index (χ0v) is 20.8. The summed E-state index contributed by atoms with van der Waals surface area (Å²) in [7, 11) is -2.49. The van der Waals surface area contributed by atoms with E-state index < -0.39 is 10.0 Å². The molecule has 1 heterocycles. The molecule has 2 aromatic carbocycles. The first kappa shape index (κ1) is 24.5. The smallest absolute Gasteiger partial charge is 0.265 e. The summed E-state index contributed by atoms with van der Waals surface area (Å²) in [5, 5.41) is 3.42. The predicted molar refractivity (Wildman–Crippen MR) is 130 cm³/mol. The normalized spacial score (nSPS) is 17.0. The van der Waals surface area contributed by atoms with E-state index in [0.29, 0.717) is 22.3 Å². The number of halogens is 1. The molecule has 1 aliphatic heterocycles. The van der Waals surface area contributed by atoms with Gasteiger partial charge < -0.3 is 15.0 Å². The van der Waals surface area contributed by atoms with Gasteiger partial charge >= 0.3 is 0 Å². The molecular formula is C23H30BrN3O4S. The number of benzene rings is 2. The molecule has 0 spiro atoms. The van der Waals surface area contributed by atoms with E-state index >= 15 is 0 Å². The molecule has 0 bridgehead atoms. The number of hydrogen-bond acceptors (Lipinski definition) is 5. The van der Waals surface area contributed by atoms with Crippen LogP contribution in [0.3, 0.4) is 0 Å². The molecule has 0 saturated carbocycles. The van der Waals surface area contributed by atoms with E-state index in [0.717, 1.165) is 38.8 Å². The van der Waals surface area contributed by atoms with Gasteiger partial charge in [-0.25, -0.2) is 8.42 Å². The van der Waals surface area contributed by atoms with Crippen LogP contribution < -0.4 is 14.8 Å². The highest BCUT2D eigenvalue weighted by Gasteiger charge is 2.26. The molecule has 0 aromatic heterocycles. The molecule has 32 heavy (non-hydrogen) atoms. The molecule has 3 rings (SSSR count). The number of amides is 1. The Balaban J connectivity index is 1.84. The summed E-state index contributed by atoms with van der Waals surface area (Å²) in [5.41, 5.74) is 0.797. The van der Waals surface area contributed by atoms with Crippen molar-refractivity contribution in [1.82, 2.24) is 10.2 Å². The Kier molecular flexibility index (Phi) is 8.56. The minimum absolute atomic E-state index is 0.0179. The lowest BCUT2D eigenvalue weighted by Gasteiger charge is -2.30. The summed E-state index contributed by atoms with van der Waals surface area (Å²) in [6.07, 6.45) is 3.98. The third-order valence-corrected chi connectivity index (χ3v) is 7.40. The van der Waals surface area contributed by atoms with Crippen LogP contribution in [0.5, 0.6) is 5.75 Å². The minimum Gasteiger partial charge on any atom is -0.495 e. The van der Waals surface area contributed by atoms with Crippen LogP contribution in [0.1, 0.15) is 43.0 Å². The highest BCUT2D eigenvalue weighted by molar-refractivity contribution is 9.10. The lowest BCUT2D eigenvalue weighted by atomic mass is 10.1. The van der Waals surface area contributed by atoms with E-state index in [4.69, 9.17) is 4.74 Å². The van der Waals surface area contributed by atoms with Crippen molar-refractivity contribution in [2.45, 2.75) is 43.5 Å². The van der Waals surface area contributed by atoms with E-state index in [-0.39, 0.29) is 22.6 Å². The van der Waals surface area contributed by atoms with Gasteiger partial charge in [-0.1, -0.05) is 41.8 Å². The lowest BCUT2D eigenvalue weighted by molar-refractivity contribution is 0.0682. The van der Waals surface area contributed by atoms with Gasteiger partial charge in [0.15, 0.2) is 0 Å². The fraction of sp³-hybridized carbons (Fsp3) is 0.435. The van der Waals surface area contributed by atoms with Crippen molar-refractivity contribution >= 4 is 37.5 Å². The first-order chi connectivity index (χ1) is 15.4. The van der Waals surface area contributed by atoms with Crippen molar-refractivity contribution in [3.8, 4) is 5.75 Å². The van der Waals surface area contributed by atoms with Crippen LogP contribution in [0.4, 0.5) is 5.69 Å². The number of nitrogens with one attached hydrogen (secondary N) is 2. The van der Waals surface area contributed by atoms with Crippen LogP contribution in [-0.4, -0.2) is 52.0 Å². The predicted octanol–water partition coefficient (Wildman–Crippen LogP) is 4.25. The van der Waals surface area contributed by atoms with Gasteiger partial charge in [-0.05, 0) is 55.8 Å². The SMILES string of the molecule is CCCCC1CNCCCN1C(=O)c1cccc(NS(=O)(=O)c2cc(Br)ccc2OC)c1. The second-order valence-electron chi connectivity index (χ2n) is 7.83. The molecular weight excluding hydrogens is 494 g/mol. The highest BCUT2D eigenvalue weighted by Crippen LogP contribution is 2.29. The summed E-state index contributed by atoms with van der Waals surface area (Å²) in [5.74, 6) is 0.166.